The van der Waals surface area contributed by atoms with Crippen LogP contribution < -0.4 is 10.9 Å². The van der Waals surface area contributed by atoms with Crippen LogP contribution in [0.5, 0.6) is 0 Å². The van der Waals surface area contributed by atoms with Crippen LogP contribution in [0.4, 0.5) is 5.00 Å². The van der Waals surface area contributed by atoms with Crippen molar-refractivity contribution in [1.82, 2.24) is 9.47 Å². The number of rotatable bonds is 5. The number of pyridine rings is 1. The molecule has 4 aromatic rings. The molecule has 1 N–H and O–H groups in total. The molecule has 1 aliphatic heterocycles. The van der Waals surface area contributed by atoms with Gasteiger partial charge in [-0.15, -0.1) is 0 Å². The minimum absolute atomic E-state index is 0.0261. The third-order valence-electron chi connectivity index (χ3n) is 5.98. The second-order valence-corrected chi connectivity index (χ2v) is 9.31. The van der Waals surface area contributed by atoms with E-state index in [0.29, 0.717) is 11.1 Å². The fraction of sp³-hybridized carbons (Fsp3) is 0.231. The molecule has 32 heavy (non-hydrogen) atoms. The van der Waals surface area contributed by atoms with Crippen LogP contribution in [0.1, 0.15) is 28.8 Å². The van der Waals surface area contributed by atoms with Gasteiger partial charge in [0.15, 0.2) is 5.78 Å². The van der Waals surface area contributed by atoms with Crippen LogP contribution in [-0.2, 0) is 0 Å². The Morgan fingerprint density at radius 3 is 2.44 bits per heavy atom. The standard InChI is InChI=1S/C26H25N3O2S/c1-28-16-8-11-19(17-28)27-25-23(24(31)18-9-4-2-5-10-18)21-14-15-22(30)29(26(21)32-25)20-12-6-3-7-13-20/h2-7,9-10,12-15,19,27H,8,11,16-17H2,1H3/t19-/m1/s1. The molecule has 0 spiro atoms. The largest absolute Gasteiger partial charge is 0.372 e. The van der Waals surface area contributed by atoms with Crippen molar-refractivity contribution in [3.63, 3.8) is 0 Å². The molecule has 5 rings (SSSR count). The summed E-state index contributed by atoms with van der Waals surface area (Å²) in [4.78, 5) is 29.6. The first-order valence-corrected chi connectivity index (χ1v) is 11.7. The molecule has 1 saturated heterocycles. The Morgan fingerprint density at radius 2 is 1.72 bits per heavy atom. The number of benzene rings is 2. The van der Waals surface area contributed by atoms with Crippen molar-refractivity contribution in [1.29, 1.82) is 0 Å². The van der Waals surface area contributed by atoms with Gasteiger partial charge in [0, 0.05) is 29.6 Å². The Kier molecular flexibility index (Phi) is 5.64. The van der Waals surface area contributed by atoms with Crippen molar-refractivity contribution in [2.75, 3.05) is 25.5 Å². The van der Waals surface area contributed by atoms with E-state index in [4.69, 9.17) is 0 Å². The van der Waals surface area contributed by atoms with Gasteiger partial charge in [-0.1, -0.05) is 59.9 Å². The molecule has 1 fully saturated rings. The summed E-state index contributed by atoms with van der Waals surface area (Å²) in [7, 11) is 2.13. The number of thiophene rings is 1. The number of aromatic nitrogens is 1. The number of likely N-dealkylation sites (tertiary alicyclic amines) is 1. The van der Waals surface area contributed by atoms with E-state index in [0.717, 1.165) is 46.8 Å². The SMILES string of the molecule is CN1CCC[C@@H](Nc2sc3c(ccc(=O)n3-c3ccccc3)c2C(=O)c2ccccc2)C1. The van der Waals surface area contributed by atoms with Gasteiger partial charge in [-0.25, -0.2) is 0 Å². The topological polar surface area (TPSA) is 54.3 Å². The summed E-state index contributed by atoms with van der Waals surface area (Å²) in [5.74, 6) is -0.0261. The van der Waals surface area contributed by atoms with Crippen molar-refractivity contribution < 1.29 is 4.79 Å². The van der Waals surface area contributed by atoms with Gasteiger partial charge in [0.25, 0.3) is 5.56 Å². The first-order chi connectivity index (χ1) is 15.6. The highest BCUT2D eigenvalue weighted by molar-refractivity contribution is 7.23. The summed E-state index contributed by atoms with van der Waals surface area (Å²) >= 11 is 1.49. The van der Waals surface area contributed by atoms with Gasteiger partial charge in [-0.3, -0.25) is 14.2 Å². The molecule has 2 aromatic carbocycles. The van der Waals surface area contributed by atoms with Crippen molar-refractivity contribution in [2.24, 2.45) is 0 Å². The van der Waals surface area contributed by atoms with E-state index in [-0.39, 0.29) is 17.4 Å². The Morgan fingerprint density at radius 1 is 1.00 bits per heavy atom. The Bertz CT molecular complexity index is 1310. The number of carbonyl (C=O) groups is 1. The zero-order valence-electron chi connectivity index (χ0n) is 18.0. The first kappa shape index (κ1) is 20.7. The summed E-state index contributed by atoms with van der Waals surface area (Å²) in [6.07, 6.45) is 2.18. The number of nitrogens with zero attached hydrogens (tertiary/aromatic N) is 2. The quantitative estimate of drug-likeness (QED) is 0.451. The molecule has 0 amide bonds. The van der Waals surface area contributed by atoms with E-state index < -0.39 is 0 Å². The molecule has 0 saturated carbocycles. The molecule has 0 unspecified atom stereocenters. The van der Waals surface area contributed by atoms with Gasteiger partial charge in [0.2, 0.25) is 0 Å². The van der Waals surface area contributed by atoms with Crippen LogP contribution in [0.15, 0.2) is 77.6 Å². The van der Waals surface area contributed by atoms with Crippen molar-refractivity contribution >= 4 is 32.3 Å². The number of fused-ring (bicyclic) bond motifs is 1. The zero-order valence-corrected chi connectivity index (χ0v) is 18.8. The molecule has 162 valence electrons. The van der Waals surface area contributed by atoms with Gasteiger partial charge in [0.1, 0.15) is 9.83 Å². The average Bonchev–Trinajstić information content (AvgIpc) is 3.17. The molecule has 0 bridgehead atoms. The lowest BCUT2D eigenvalue weighted by Gasteiger charge is -2.30. The Hall–Kier alpha value is -3.22. The second kappa shape index (κ2) is 8.73. The van der Waals surface area contributed by atoms with Crippen LogP contribution >= 0.6 is 11.3 Å². The molecule has 6 heteroatoms. The van der Waals surface area contributed by atoms with E-state index in [2.05, 4.69) is 17.3 Å². The Balaban J connectivity index is 1.70. The van der Waals surface area contributed by atoms with Crippen LogP contribution in [0.25, 0.3) is 15.9 Å². The first-order valence-electron chi connectivity index (χ1n) is 10.9. The number of anilines is 1. The van der Waals surface area contributed by atoms with E-state index in [1.54, 1.807) is 16.7 Å². The number of para-hydroxylation sites is 1. The molecule has 1 aliphatic rings. The number of likely N-dealkylation sites (N-methyl/N-ethyl adjacent to an activating group) is 1. The minimum atomic E-state index is -0.104. The monoisotopic (exact) mass is 443 g/mol. The third-order valence-corrected chi connectivity index (χ3v) is 7.10. The molecule has 0 radical (unpaired) electrons. The van der Waals surface area contributed by atoms with Gasteiger partial charge in [-0.2, -0.15) is 0 Å². The summed E-state index contributed by atoms with van der Waals surface area (Å²) in [6.45, 7) is 2.02. The average molecular weight is 444 g/mol. The molecule has 3 heterocycles. The number of hydrogen-bond acceptors (Lipinski definition) is 5. The highest BCUT2D eigenvalue weighted by Gasteiger charge is 2.26. The number of carbonyl (C=O) groups excluding carboxylic acids is 1. The molecule has 2 aromatic heterocycles. The van der Waals surface area contributed by atoms with Crippen molar-refractivity contribution in [2.45, 2.75) is 18.9 Å². The predicted octanol–water partition coefficient (Wildman–Crippen LogP) is 4.79. The fourth-order valence-electron chi connectivity index (χ4n) is 4.43. The van der Waals surface area contributed by atoms with Crippen LogP contribution in [-0.4, -0.2) is 41.4 Å². The number of hydrogen-bond donors (Lipinski definition) is 1. The van der Waals surface area contributed by atoms with Gasteiger partial charge in [0.05, 0.1) is 11.3 Å². The van der Waals surface area contributed by atoms with Crippen LogP contribution in [0.2, 0.25) is 0 Å². The lowest BCUT2D eigenvalue weighted by molar-refractivity contribution is 0.104. The van der Waals surface area contributed by atoms with Gasteiger partial charge >= 0.3 is 0 Å². The maximum atomic E-state index is 13.6. The van der Waals surface area contributed by atoms with Crippen LogP contribution in [0, 0.1) is 0 Å². The predicted molar refractivity (Wildman–Crippen MR) is 131 cm³/mol. The molecule has 1 atom stereocenters. The van der Waals surface area contributed by atoms with E-state index in [1.807, 2.05) is 60.7 Å². The van der Waals surface area contributed by atoms with Crippen LogP contribution in [0.3, 0.4) is 0 Å². The van der Waals surface area contributed by atoms with Gasteiger partial charge < -0.3 is 10.2 Å². The van der Waals surface area contributed by atoms with E-state index in [9.17, 15) is 9.59 Å². The lowest BCUT2D eigenvalue weighted by atomic mass is 10.0. The Labute approximate surface area is 190 Å². The lowest BCUT2D eigenvalue weighted by Crippen LogP contribution is -2.39. The molecular formula is C26H25N3O2S. The smallest absolute Gasteiger partial charge is 0.256 e. The van der Waals surface area contributed by atoms with Crippen molar-refractivity contribution in [3.05, 3.63) is 94.3 Å². The normalized spacial score (nSPS) is 16.8. The van der Waals surface area contributed by atoms with E-state index >= 15 is 0 Å². The summed E-state index contributed by atoms with van der Waals surface area (Å²) < 4.78 is 1.71. The fourth-order valence-corrected chi connectivity index (χ4v) is 5.72. The molecule has 5 nitrogen and oxygen atoms in total. The summed E-state index contributed by atoms with van der Waals surface area (Å²) in [6, 6.07) is 22.6. The second-order valence-electron chi connectivity index (χ2n) is 8.31. The maximum absolute atomic E-state index is 13.6. The highest BCUT2D eigenvalue weighted by atomic mass is 32.1. The maximum Gasteiger partial charge on any atom is 0.256 e. The van der Waals surface area contributed by atoms with E-state index in [1.165, 1.54) is 11.3 Å². The molecular weight excluding hydrogens is 418 g/mol. The van der Waals surface area contributed by atoms with Gasteiger partial charge in [-0.05, 0) is 44.6 Å². The number of piperidine rings is 1. The third kappa shape index (κ3) is 3.87. The number of nitrogens with one attached hydrogen (secondary N) is 1. The highest BCUT2D eigenvalue weighted by Crippen LogP contribution is 2.38. The summed E-state index contributed by atoms with van der Waals surface area (Å²) in [5.41, 5.74) is 1.99. The molecule has 0 aliphatic carbocycles. The van der Waals surface area contributed by atoms with Crippen molar-refractivity contribution in [3.8, 4) is 5.69 Å². The minimum Gasteiger partial charge on any atom is -0.372 e. The number of ketones is 1. The summed E-state index contributed by atoms with van der Waals surface area (Å²) in [5, 5.41) is 5.30. The zero-order chi connectivity index (χ0) is 22.1.